The fraction of sp³-hybridized carbons (Fsp3) is 0.318. The molecule has 3 aromatic rings. The van der Waals surface area contributed by atoms with Crippen LogP contribution in [0.15, 0.2) is 48.5 Å². The lowest BCUT2D eigenvalue weighted by atomic mass is 9.79. The Kier molecular flexibility index (Phi) is 5.70. The smallest absolute Gasteiger partial charge is 0.350 e. The Hall–Kier alpha value is -3.30. The molecule has 1 saturated carbocycles. The first-order valence-electron chi connectivity index (χ1n) is 10.0. The molecule has 5 nitrogen and oxygen atoms in total. The predicted octanol–water partition coefficient (Wildman–Crippen LogP) is 4.81. The first kappa shape index (κ1) is 21.9. The van der Waals surface area contributed by atoms with Gasteiger partial charge in [-0.25, -0.2) is 13.5 Å². The Morgan fingerprint density at radius 3 is 2.09 bits per heavy atom. The van der Waals surface area contributed by atoms with Crippen molar-refractivity contribution in [1.82, 2.24) is 20.3 Å². The summed E-state index contributed by atoms with van der Waals surface area (Å²) in [6.45, 7) is 0.0815. The summed E-state index contributed by atoms with van der Waals surface area (Å²) in [7, 11) is 0. The lowest BCUT2D eigenvalue weighted by molar-refractivity contribution is -0.143. The molecule has 0 unspecified atom stereocenters. The van der Waals surface area contributed by atoms with E-state index < -0.39 is 40.5 Å². The standard InChI is InChI=1S/C22H19F5N4O/c23-15-5-3-14(4-6-15)21(11-1-2-12-21)13-28-20(32)18-19(22(25,26)27)31(30-29-18)17-9-7-16(24)8-10-17/h3-10H,1-2,11-13H2,(H,28,32). The summed E-state index contributed by atoms with van der Waals surface area (Å²) < 4.78 is 68.4. The predicted molar refractivity (Wildman–Crippen MR) is 105 cm³/mol. The van der Waals surface area contributed by atoms with Crippen molar-refractivity contribution in [2.75, 3.05) is 6.54 Å². The van der Waals surface area contributed by atoms with E-state index in [1.807, 2.05) is 0 Å². The number of carbonyl (C=O) groups excluding carboxylic acids is 1. The number of carbonyl (C=O) groups is 1. The number of hydrogen-bond acceptors (Lipinski definition) is 3. The molecule has 1 aliphatic carbocycles. The first-order chi connectivity index (χ1) is 15.2. The Balaban J connectivity index is 1.62. The van der Waals surface area contributed by atoms with Gasteiger partial charge in [-0.15, -0.1) is 5.10 Å². The van der Waals surface area contributed by atoms with E-state index in [9.17, 15) is 26.7 Å². The van der Waals surface area contributed by atoms with Gasteiger partial charge in [0.15, 0.2) is 11.4 Å². The Morgan fingerprint density at radius 2 is 1.53 bits per heavy atom. The molecule has 168 valence electrons. The molecule has 0 atom stereocenters. The van der Waals surface area contributed by atoms with E-state index in [2.05, 4.69) is 15.6 Å². The molecule has 0 aliphatic heterocycles. The maximum absolute atomic E-state index is 13.8. The fourth-order valence-corrected chi connectivity index (χ4v) is 4.21. The van der Waals surface area contributed by atoms with E-state index in [1.165, 1.54) is 12.1 Å². The number of rotatable bonds is 5. The summed E-state index contributed by atoms with van der Waals surface area (Å²) in [5.74, 6) is -2.03. The van der Waals surface area contributed by atoms with Crippen LogP contribution < -0.4 is 5.32 Å². The highest BCUT2D eigenvalue weighted by Crippen LogP contribution is 2.41. The van der Waals surface area contributed by atoms with Crippen molar-refractivity contribution in [3.63, 3.8) is 0 Å². The average molecular weight is 450 g/mol. The Labute approximate surface area is 180 Å². The maximum atomic E-state index is 13.8. The molecular formula is C22H19F5N4O. The molecule has 0 saturated heterocycles. The van der Waals surface area contributed by atoms with Crippen LogP contribution in [0.25, 0.3) is 5.69 Å². The normalized spacial score (nSPS) is 15.7. The van der Waals surface area contributed by atoms with Crippen LogP contribution in [0.1, 0.15) is 47.4 Å². The second kappa shape index (κ2) is 8.33. The van der Waals surface area contributed by atoms with Crippen LogP contribution in [0.5, 0.6) is 0 Å². The van der Waals surface area contributed by atoms with E-state index in [4.69, 9.17) is 0 Å². The van der Waals surface area contributed by atoms with Gasteiger partial charge in [-0.3, -0.25) is 4.79 Å². The Morgan fingerprint density at radius 1 is 0.969 bits per heavy atom. The van der Waals surface area contributed by atoms with E-state index in [-0.39, 0.29) is 12.2 Å². The van der Waals surface area contributed by atoms with Gasteiger partial charge in [0.1, 0.15) is 11.6 Å². The van der Waals surface area contributed by atoms with Crippen LogP contribution >= 0.6 is 0 Å². The summed E-state index contributed by atoms with van der Waals surface area (Å²) in [5.41, 5.74) is -1.96. The maximum Gasteiger partial charge on any atom is 0.435 e. The third kappa shape index (κ3) is 4.21. The van der Waals surface area contributed by atoms with Crippen molar-refractivity contribution >= 4 is 5.91 Å². The minimum Gasteiger partial charge on any atom is -0.350 e. The zero-order valence-electron chi connectivity index (χ0n) is 16.8. The first-order valence-corrected chi connectivity index (χ1v) is 10.0. The topological polar surface area (TPSA) is 59.8 Å². The SMILES string of the molecule is O=C(NCC1(c2ccc(F)cc2)CCCC1)c1nnn(-c2ccc(F)cc2)c1C(F)(F)F. The second-order valence-corrected chi connectivity index (χ2v) is 7.85. The molecule has 10 heteroatoms. The van der Waals surface area contributed by atoms with Crippen molar-refractivity contribution < 1.29 is 26.7 Å². The van der Waals surface area contributed by atoms with Gasteiger partial charge in [-0.2, -0.15) is 13.2 Å². The largest absolute Gasteiger partial charge is 0.435 e. The van der Waals surface area contributed by atoms with Crippen LogP contribution in [0.4, 0.5) is 22.0 Å². The Bertz CT molecular complexity index is 1100. The fourth-order valence-electron chi connectivity index (χ4n) is 4.21. The van der Waals surface area contributed by atoms with Gasteiger partial charge in [0.2, 0.25) is 0 Å². The molecule has 4 rings (SSSR count). The molecule has 0 spiro atoms. The summed E-state index contributed by atoms with van der Waals surface area (Å²) in [4.78, 5) is 12.7. The zero-order valence-corrected chi connectivity index (χ0v) is 16.8. The molecule has 1 fully saturated rings. The lowest BCUT2D eigenvalue weighted by Gasteiger charge is -2.30. The van der Waals surface area contributed by atoms with Gasteiger partial charge in [-0.1, -0.05) is 30.2 Å². The third-order valence-electron chi connectivity index (χ3n) is 5.83. The molecule has 0 bridgehead atoms. The van der Waals surface area contributed by atoms with E-state index >= 15 is 0 Å². The number of amides is 1. The number of alkyl halides is 3. The minimum absolute atomic E-state index is 0.0798. The van der Waals surface area contributed by atoms with Crippen LogP contribution in [-0.4, -0.2) is 27.4 Å². The number of aromatic nitrogens is 3. The van der Waals surface area contributed by atoms with Crippen LogP contribution in [0.2, 0.25) is 0 Å². The van der Waals surface area contributed by atoms with Gasteiger partial charge < -0.3 is 5.32 Å². The quantitative estimate of drug-likeness (QED) is 0.568. The summed E-state index contributed by atoms with van der Waals surface area (Å²) in [6.07, 6.45) is -1.71. The molecule has 1 aromatic heterocycles. The average Bonchev–Trinajstić information content (AvgIpc) is 3.41. The van der Waals surface area contributed by atoms with Gasteiger partial charge >= 0.3 is 6.18 Å². The second-order valence-electron chi connectivity index (χ2n) is 7.85. The minimum atomic E-state index is -4.92. The number of halogens is 5. The summed E-state index contributed by atoms with van der Waals surface area (Å²) >= 11 is 0. The van der Waals surface area contributed by atoms with Crippen LogP contribution in [-0.2, 0) is 11.6 Å². The van der Waals surface area contributed by atoms with Crippen molar-refractivity contribution in [1.29, 1.82) is 0 Å². The number of benzene rings is 2. The van der Waals surface area contributed by atoms with Gasteiger partial charge in [0, 0.05) is 12.0 Å². The highest BCUT2D eigenvalue weighted by molar-refractivity contribution is 5.93. The van der Waals surface area contributed by atoms with Gasteiger partial charge in [0.05, 0.1) is 5.69 Å². The van der Waals surface area contributed by atoms with E-state index in [0.29, 0.717) is 17.5 Å². The molecule has 1 aliphatic rings. The van der Waals surface area contributed by atoms with Gasteiger partial charge in [0.25, 0.3) is 5.91 Å². The van der Waals surface area contributed by atoms with E-state index in [1.54, 1.807) is 12.1 Å². The highest BCUT2D eigenvalue weighted by atomic mass is 19.4. The summed E-state index contributed by atoms with van der Waals surface area (Å²) in [5, 5.41) is 9.53. The van der Waals surface area contributed by atoms with Crippen molar-refractivity contribution in [3.8, 4) is 5.69 Å². The summed E-state index contributed by atoms with van der Waals surface area (Å²) in [6, 6.07) is 10.1. The molecule has 1 amide bonds. The van der Waals surface area contributed by atoms with Crippen LogP contribution in [0.3, 0.4) is 0 Å². The zero-order chi connectivity index (χ0) is 22.9. The van der Waals surface area contributed by atoms with Crippen molar-refractivity contribution in [2.45, 2.75) is 37.3 Å². The van der Waals surface area contributed by atoms with Crippen molar-refractivity contribution in [2.24, 2.45) is 0 Å². The van der Waals surface area contributed by atoms with Gasteiger partial charge in [-0.05, 0) is 54.8 Å². The molecule has 32 heavy (non-hydrogen) atoms. The molecule has 1 N–H and O–H groups in total. The monoisotopic (exact) mass is 450 g/mol. The highest BCUT2D eigenvalue weighted by Gasteiger charge is 2.43. The van der Waals surface area contributed by atoms with Crippen LogP contribution in [0, 0.1) is 11.6 Å². The lowest BCUT2D eigenvalue weighted by Crippen LogP contribution is -2.39. The van der Waals surface area contributed by atoms with Crippen molar-refractivity contribution in [3.05, 3.63) is 77.1 Å². The molecule has 2 aromatic carbocycles. The molecule has 1 heterocycles. The molecule has 0 radical (unpaired) electrons. The molecular weight excluding hydrogens is 431 g/mol. The number of nitrogens with zero attached hydrogens (tertiary/aromatic N) is 3. The third-order valence-corrected chi connectivity index (χ3v) is 5.83. The van der Waals surface area contributed by atoms with E-state index in [0.717, 1.165) is 42.7 Å². The number of nitrogens with one attached hydrogen (secondary N) is 1. The number of hydrogen-bond donors (Lipinski definition) is 1.